The molecule has 0 saturated heterocycles. The quantitative estimate of drug-likeness (QED) is 0.557. The van der Waals surface area contributed by atoms with Crippen molar-refractivity contribution in [2.75, 3.05) is 0 Å². The van der Waals surface area contributed by atoms with E-state index in [1.807, 2.05) is 6.07 Å². The summed E-state index contributed by atoms with van der Waals surface area (Å²) in [5.41, 5.74) is 1.40. The van der Waals surface area contributed by atoms with Crippen LogP contribution < -0.4 is 0 Å². The number of aromatic nitrogens is 2. The minimum absolute atomic E-state index is 0.0391. The molecule has 2 aromatic carbocycles. The van der Waals surface area contributed by atoms with E-state index < -0.39 is 23.5 Å². The first-order valence-electron chi connectivity index (χ1n) is 9.41. The average Bonchev–Trinajstić information content (AvgIpc) is 3.43. The first-order valence-corrected chi connectivity index (χ1v) is 9.41. The molecule has 1 aliphatic carbocycles. The third-order valence-corrected chi connectivity index (χ3v) is 5.16. The molecular formula is C22H18F4N2O2. The number of hydrogen-bond donors (Lipinski definition) is 1. The highest BCUT2D eigenvalue weighted by Gasteiger charge is 2.31. The molecule has 0 aliphatic heterocycles. The fourth-order valence-corrected chi connectivity index (χ4v) is 3.63. The second-order valence-electron chi connectivity index (χ2n) is 7.52. The van der Waals surface area contributed by atoms with Gasteiger partial charge in [-0.15, -0.1) is 0 Å². The van der Waals surface area contributed by atoms with Crippen LogP contribution in [0.1, 0.15) is 57.3 Å². The number of hydrogen-bond acceptors (Lipinski definition) is 2. The molecule has 1 heterocycles. The Bertz CT molecular complexity index is 1130. The molecule has 156 valence electrons. The van der Waals surface area contributed by atoms with Gasteiger partial charge in [0.25, 0.3) is 0 Å². The van der Waals surface area contributed by atoms with Crippen LogP contribution >= 0.6 is 0 Å². The van der Waals surface area contributed by atoms with E-state index in [9.17, 15) is 27.5 Å². The van der Waals surface area contributed by atoms with Crippen molar-refractivity contribution in [2.45, 2.75) is 38.3 Å². The van der Waals surface area contributed by atoms with Gasteiger partial charge in [-0.05, 0) is 73.2 Å². The van der Waals surface area contributed by atoms with Crippen LogP contribution in [0.3, 0.4) is 0 Å². The van der Waals surface area contributed by atoms with Crippen LogP contribution in [0.2, 0.25) is 0 Å². The van der Waals surface area contributed by atoms with E-state index in [1.54, 1.807) is 29.8 Å². The summed E-state index contributed by atoms with van der Waals surface area (Å²) in [7, 11) is 0. The molecule has 0 radical (unpaired) electrons. The fourth-order valence-electron chi connectivity index (χ4n) is 3.63. The van der Waals surface area contributed by atoms with Gasteiger partial charge >= 0.3 is 12.1 Å². The smallest absolute Gasteiger partial charge is 0.416 e. The minimum atomic E-state index is -4.63. The van der Waals surface area contributed by atoms with Crippen LogP contribution in [0.4, 0.5) is 17.6 Å². The number of imidazole rings is 1. The summed E-state index contributed by atoms with van der Waals surface area (Å²) in [6, 6.07) is 7.52. The zero-order valence-corrected chi connectivity index (χ0v) is 16.0. The summed E-state index contributed by atoms with van der Waals surface area (Å²) in [5.74, 6) is -1.10. The van der Waals surface area contributed by atoms with Crippen LogP contribution in [-0.2, 0) is 12.6 Å². The number of carboxylic acids is 1. The van der Waals surface area contributed by atoms with Gasteiger partial charge < -0.3 is 9.67 Å². The Balaban J connectivity index is 1.66. The van der Waals surface area contributed by atoms with Gasteiger partial charge in [0.2, 0.25) is 0 Å². The molecule has 0 unspecified atom stereocenters. The molecule has 4 nitrogen and oxygen atoms in total. The Morgan fingerprint density at radius 1 is 1.20 bits per heavy atom. The molecular weight excluding hydrogens is 400 g/mol. The van der Waals surface area contributed by atoms with E-state index in [0.29, 0.717) is 17.6 Å². The second kappa shape index (κ2) is 7.27. The Labute approximate surface area is 169 Å². The second-order valence-corrected chi connectivity index (χ2v) is 7.52. The van der Waals surface area contributed by atoms with E-state index >= 15 is 0 Å². The van der Waals surface area contributed by atoms with Crippen molar-refractivity contribution in [3.05, 3.63) is 82.2 Å². The van der Waals surface area contributed by atoms with Crippen molar-refractivity contribution >= 4 is 5.97 Å². The van der Waals surface area contributed by atoms with Crippen molar-refractivity contribution in [3.63, 3.8) is 0 Å². The highest BCUT2D eigenvalue weighted by molar-refractivity contribution is 5.90. The molecule has 1 saturated carbocycles. The van der Waals surface area contributed by atoms with Gasteiger partial charge in [-0.3, -0.25) is 0 Å². The highest BCUT2D eigenvalue weighted by Crippen LogP contribution is 2.42. The summed E-state index contributed by atoms with van der Waals surface area (Å²) in [4.78, 5) is 15.9. The zero-order valence-electron chi connectivity index (χ0n) is 16.0. The topological polar surface area (TPSA) is 55.1 Å². The molecule has 0 bridgehead atoms. The summed E-state index contributed by atoms with van der Waals surface area (Å²) in [5, 5.41) is 9.40. The van der Waals surface area contributed by atoms with Gasteiger partial charge in [-0.25, -0.2) is 14.2 Å². The molecule has 1 N–H and O–H groups in total. The molecule has 0 amide bonds. The summed E-state index contributed by atoms with van der Waals surface area (Å²) in [6.45, 7) is 1.75. The predicted molar refractivity (Wildman–Crippen MR) is 101 cm³/mol. The fraction of sp³-hybridized carbons (Fsp3) is 0.273. The van der Waals surface area contributed by atoms with Crippen LogP contribution in [0.15, 0.2) is 42.6 Å². The lowest BCUT2D eigenvalue weighted by atomic mass is 10.0. The van der Waals surface area contributed by atoms with Crippen molar-refractivity contribution in [3.8, 4) is 5.69 Å². The lowest BCUT2D eigenvalue weighted by Gasteiger charge is -2.10. The van der Waals surface area contributed by atoms with E-state index in [2.05, 4.69) is 4.98 Å². The first-order chi connectivity index (χ1) is 14.1. The zero-order chi connectivity index (χ0) is 21.6. The summed E-state index contributed by atoms with van der Waals surface area (Å²) >= 11 is 0. The molecule has 1 fully saturated rings. The monoisotopic (exact) mass is 418 g/mol. The average molecular weight is 418 g/mol. The highest BCUT2D eigenvalue weighted by atomic mass is 19.4. The van der Waals surface area contributed by atoms with Gasteiger partial charge in [0.1, 0.15) is 11.6 Å². The van der Waals surface area contributed by atoms with E-state index in [0.717, 1.165) is 36.2 Å². The van der Waals surface area contributed by atoms with Crippen molar-refractivity contribution < 1.29 is 27.5 Å². The van der Waals surface area contributed by atoms with Crippen LogP contribution in [0, 0.1) is 12.7 Å². The van der Waals surface area contributed by atoms with Gasteiger partial charge in [0.05, 0.1) is 16.8 Å². The SMILES string of the molecule is Cc1nc(Cc2cc(F)cc(C(F)(F)F)c2)cn1-c1ccc(C(=O)O)c(C2CC2)c1. The Hall–Kier alpha value is -3.16. The van der Waals surface area contributed by atoms with Crippen molar-refractivity contribution in [1.82, 2.24) is 9.55 Å². The molecule has 30 heavy (non-hydrogen) atoms. The number of carbonyl (C=O) groups is 1. The molecule has 0 spiro atoms. The number of carboxylic acid groups (broad SMARTS) is 1. The van der Waals surface area contributed by atoms with Gasteiger partial charge in [-0.2, -0.15) is 13.2 Å². The van der Waals surface area contributed by atoms with Crippen LogP contribution in [0.5, 0.6) is 0 Å². The predicted octanol–water partition coefficient (Wildman–Crippen LogP) is 5.51. The van der Waals surface area contributed by atoms with Crippen molar-refractivity contribution in [2.24, 2.45) is 0 Å². The third kappa shape index (κ3) is 4.08. The number of benzene rings is 2. The number of alkyl halides is 3. The standard InChI is InChI=1S/C22H18F4N2O2/c1-12-27-17(8-13-6-15(22(24,25)26)9-16(23)7-13)11-28(12)18-4-5-19(21(29)30)20(10-18)14-2-3-14/h4-7,9-11,14H,2-3,8H2,1H3,(H,29,30). The molecule has 0 atom stereocenters. The van der Waals surface area contributed by atoms with Gasteiger partial charge in [0, 0.05) is 18.3 Å². The van der Waals surface area contributed by atoms with Gasteiger partial charge in [0.15, 0.2) is 0 Å². The number of rotatable bonds is 5. The lowest BCUT2D eigenvalue weighted by Crippen LogP contribution is -2.06. The number of nitrogens with zero attached hydrogens (tertiary/aromatic N) is 2. The van der Waals surface area contributed by atoms with E-state index in [-0.39, 0.29) is 23.5 Å². The maximum Gasteiger partial charge on any atom is 0.416 e. The van der Waals surface area contributed by atoms with Crippen molar-refractivity contribution in [1.29, 1.82) is 0 Å². The normalized spacial score (nSPS) is 14.2. The maximum absolute atomic E-state index is 13.7. The molecule has 1 aliphatic rings. The maximum atomic E-state index is 13.7. The van der Waals surface area contributed by atoms with E-state index in [1.165, 1.54) is 0 Å². The summed E-state index contributed by atoms with van der Waals surface area (Å²) in [6.07, 6.45) is -1.02. The van der Waals surface area contributed by atoms with Crippen LogP contribution in [-0.4, -0.2) is 20.6 Å². The summed E-state index contributed by atoms with van der Waals surface area (Å²) < 4.78 is 54.3. The Kier molecular flexibility index (Phi) is 4.88. The molecule has 3 aromatic rings. The third-order valence-electron chi connectivity index (χ3n) is 5.16. The lowest BCUT2D eigenvalue weighted by molar-refractivity contribution is -0.137. The van der Waals surface area contributed by atoms with Gasteiger partial charge in [-0.1, -0.05) is 0 Å². The molecule has 4 rings (SSSR count). The number of aromatic carboxylic acids is 1. The Morgan fingerprint density at radius 2 is 1.93 bits per heavy atom. The Morgan fingerprint density at radius 3 is 2.57 bits per heavy atom. The molecule has 1 aromatic heterocycles. The van der Waals surface area contributed by atoms with Crippen LogP contribution in [0.25, 0.3) is 5.69 Å². The number of aryl methyl sites for hydroxylation is 1. The first kappa shape index (κ1) is 20.1. The molecule has 8 heteroatoms. The largest absolute Gasteiger partial charge is 0.478 e. The van der Waals surface area contributed by atoms with E-state index in [4.69, 9.17) is 0 Å². The number of halogens is 4. The minimum Gasteiger partial charge on any atom is -0.478 e.